The Morgan fingerprint density at radius 3 is 2.71 bits per heavy atom. The number of hydrogen-bond acceptors (Lipinski definition) is 4. The quantitative estimate of drug-likeness (QED) is 0.740. The maximum Gasteiger partial charge on any atom is 0.251 e. The van der Waals surface area contributed by atoms with Crippen LogP contribution in [0.5, 0.6) is 0 Å². The van der Waals surface area contributed by atoms with E-state index in [1.54, 1.807) is 29.5 Å². The molecule has 1 unspecified atom stereocenters. The Labute approximate surface area is 129 Å². The summed E-state index contributed by atoms with van der Waals surface area (Å²) >= 11 is 1.76. The zero-order chi connectivity index (χ0) is 15.4. The summed E-state index contributed by atoms with van der Waals surface area (Å²) in [5, 5.41) is 6.17. The Morgan fingerprint density at radius 1 is 1.33 bits per heavy atom. The third-order valence-electron chi connectivity index (χ3n) is 3.21. The number of anilines is 2. The number of rotatable bonds is 5. The first-order valence-corrected chi connectivity index (χ1v) is 7.83. The van der Waals surface area contributed by atoms with Crippen LogP contribution in [0.3, 0.4) is 0 Å². The fraction of sp³-hybridized carbons (Fsp3) is 0.312. The number of carbonyl (C=O) groups excluding carboxylic acids is 1. The van der Waals surface area contributed by atoms with Gasteiger partial charge in [-0.3, -0.25) is 4.79 Å². The third-order valence-corrected chi connectivity index (χ3v) is 4.40. The van der Waals surface area contributed by atoms with Gasteiger partial charge in [-0.25, -0.2) is 0 Å². The summed E-state index contributed by atoms with van der Waals surface area (Å²) in [4.78, 5) is 14.4. The standard InChI is InChI=1S/C16H21N3OS/c1-4-18-16(20)12-6-7-13(17)14(9-12)19-11(3)15-8-5-10(2)21-15/h5-9,11,19H,4,17H2,1-3H3,(H,18,20). The lowest BCUT2D eigenvalue weighted by Gasteiger charge is -2.16. The van der Waals surface area contributed by atoms with E-state index in [9.17, 15) is 4.79 Å². The Kier molecular flexibility index (Phi) is 4.85. The molecule has 1 amide bonds. The van der Waals surface area contributed by atoms with E-state index in [-0.39, 0.29) is 11.9 Å². The van der Waals surface area contributed by atoms with Gasteiger partial charge in [0.25, 0.3) is 5.91 Å². The smallest absolute Gasteiger partial charge is 0.251 e. The van der Waals surface area contributed by atoms with Crippen LogP contribution in [0.2, 0.25) is 0 Å². The van der Waals surface area contributed by atoms with Crippen molar-refractivity contribution < 1.29 is 4.79 Å². The molecule has 2 rings (SSSR count). The highest BCUT2D eigenvalue weighted by atomic mass is 32.1. The summed E-state index contributed by atoms with van der Waals surface area (Å²) in [6.07, 6.45) is 0. The Morgan fingerprint density at radius 2 is 2.10 bits per heavy atom. The molecular weight excluding hydrogens is 282 g/mol. The number of nitrogens with two attached hydrogens (primary N) is 1. The molecular formula is C16H21N3OS. The molecule has 0 radical (unpaired) electrons. The third kappa shape index (κ3) is 3.76. The van der Waals surface area contributed by atoms with Crippen molar-refractivity contribution in [1.82, 2.24) is 5.32 Å². The number of thiophene rings is 1. The summed E-state index contributed by atoms with van der Waals surface area (Å²) < 4.78 is 0. The van der Waals surface area contributed by atoms with Gasteiger partial charge in [0.2, 0.25) is 0 Å². The van der Waals surface area contributed by atoms with E-state index < -0.39 is 0 Å². The molecule has 0 aliphatic carbocycles. The minimum Gasteiger partial charge on any atom is -0.397 e. The molecule has 112 valence electrons. The van der Waals surface area contributed by atoms with Gasteiger partial charge >= 0.3 is 0 Å². The van der Waals surface area contributed by atoms with Gasteiger partial charge in [-0.15, -0.1) is 11.3 Å². The second-order valence-electron chi connectivity index (χ2n) is 4.98. The second kappa shape index (κ2) is 6.63. The highest BCUT2D eigenvalue weighted by Crippen LogP contribution is 2.28. The SMILES string of the molecule is CCNC(=O)c1ccc(N)c(NC(C)c2ccc(C)s2)c1. The van der Waals surface area contributed by atoms with Gasteiger partial charge in [0.1, 0.15) is 0 Å². The van der Waals surface area contributed by atoms with Crippen molar-refractivity contribution >= 4 is 28.6 Å². The van der Waals surface area contributed by atoms with Crippen LogP contribution in [0.1, 0.15) is 40.0 Å². The fourth-order valence-corrected chi connectivity index (χ4v) is 2.96. The molecule has 5 heteroatoms. The molecule has 1 atom stereocenters. The Balaban J connectivity index is 2.19. The lowest BCUT2D eigenvalue weighted by molar-refractivity contribution is 0.0956. The Hall–Kier alpha value is -2.01. The van der Waals surface area contributed by atoms with Crippen LogP contribution < -0.4 is 16.4 Å². The molecule has 1 aromatic heterocycles. The average Bonchev–Trinajstić information content (AvgIpc) is 2.88. The van der Waals surface area contributed by atoms with Crippen molar-refractivity contribution in [3.63, 3.8) is 0 Å². The van der Waals surface area contributed by atoms with Gasteiger partial charge in [-0.2, -0.15) is 0 Å². The van der Waals surface area contributed by atoms with Crippen molar-refractivity contribution in [1.29, 1.82) is 0 Å². The summed E-state index contributed by atoms with van der Waals surface area (Å²) in [5.74, 6) is -0.0832. The van der Waals surface area contributed by atoms with Crippen LogP contribution in [0.4, 0.5) is 11.4 Å². The lowest BCUT2D eigenvalue weighted by Crippen LogP contribution is -2.22. The number of aryl methyl sites for hydroxylation is 1. The van der Waals surface area contributed by atoms with Gasteiger partial charge in [-0.1, -0.05) is 0 Å². The fourth-order valence-electron chi connectivity index (χ4n) is 2.08. The molecule has 0 fully saturated rings. The summed E-state index contributed by atoms with van der Waals surface area (Å²) in [6, 6.07) is 9.67. The van der Waals surface area contributed by atoms with E-state index in [2.05, 4.69) is 36.6 Å². The number of nitrogens with one attached hydrogen (secondary N) is 2. The normalized spacial score (nSPS) is 12.0. The van der Waals surface area contributed by atoms with Gasteiger partial charge in [0, 0.05) is 21.9 Å². The minimum absolute atomic E-state index is 0.0832. The molecule has 0 bridgehead atoms. The lowest BCUT2D eigenvalue weighted by atomic mass is 10.1. The monoisotopic (exact) mass is 303 g/mol. The molecule has 4 N–H and O–H groups in total. The van der Waals surface area contributed by atoms with Gasteiger partial charge in [-0.05, 0) is 51.1 Å². The van der Waals surface area contributed by atoms with Crippen LogP contribution in [0.15, 0.2) is 30.3 Å². The van der Waals surface area contributed by atoms with Crippen molar-refractivity contribution in [3.05, 3.63) is 45.6 Å². The van der Waals surface area contributed by atoms with E-state index in [1.807, 2.05) is 6.92 Å². The summed E-state index contributed by atoms with van der Waals surface area (Å²) in [5.41, 5.74) is 8.05. The van der Waals surface area contributed by atoms with Gasteiger partial charge < -0.3 is 16.4 Å². The number of nitrogen functional groups attached to an aromatic ring is 1. The summed E-state index contributed by atoms with van der Waals surface area (Å²) in [7, 11) is 0. The van der Waals surface area contributed by atoms with Crippen LogP contribution in [-0.4, -0.2) is 12.5 Å². The molecule has 1 aromatic carbocycles. The predicted octanol–water partition coefficient (Wildman–Crippen LogP) is 3.56. The zero-order valence-corrected chi connectivity index (χ0v) is 13.4. The maximum absolute atomic E-state index is 11.9. The van der Waals surface area contributed by atoms with E-state index in [4.69, 9.17) is 5.73 Å². The van der Waals surface area contributed by atoms with Crippen molar-refractivity contribution in [2.45, 2.75) is 26.8 Å². The summed E-state index contributed by atoms with van der Waals surface area (Å²) in [6.45, 7) is 6.68. The molecule has 0 aliphatic heterocycles. The van der Waals surface area contributed by atoms with Crippen molar-refractivity contribution in [2.75, 3.05) is 17.6 Å². The van der Waals surface area contributed by atoms with E-state index in [0.717, 1.165) is 5.69 Å². The second-order valence-corrected chi connectivity index (χ2v) is 6.30. The number of amides is 1. The van der Waals surface area contributed by atoms with Gasteiger partial charge in [0.05, 0.1) is 17.4 Å². The zero-order valence-electron chi connectivity index (χ0n) is 12.6. The highest BCUT2D eigenvalue weighted by Gasteiger charge is 2.12. The number of benzene rings is 1. The topological polar surface area (TPSA) is 67.2 Å². The van der Waals surface area contributed by atoms with E-state index in [1.165, 1.54) is 9.75 Å². The molecule has 4 nitrogen and oxygen atoms in total. The largest absolute Gasteiger partial charge is 0.397 e. The van der Waals surface area contributed by atoms with Crippen molar-refractivity contribution in [3.8, 4) is 0 Å². The minimum atomic E-state index is -0.0832. The number of hydrogen-bond donors (Lipinski definition) is 3. The molecule has 2 aromatic rings. The first-order valence-electron chi connectivity index (χ1n) is 7.02. The predicted molar refractivity (Wildman–Crippen MR) is 90.0 cm³/mol. The number of carbonyl (C=O) groups is 1. The molecule has 0 aliphatic rings. The molecule has 1 heterocycles. The molecule has 0 saturated heterocycles. The molecule has 0 saturated carbocycles. The first-order chi connectivity index (χ1) is 10.0. The van der Waals surface area contributed by atoms with Crippen LogP contribution >= 0.6 is 11.3 Å². The van der Waals surface area contributed by atoms with Crippen LogP contribution in [0, 0.1) is 6.92 Å². The Bertz CT molecular complexity index is 636. The average molecular weight is 303 g/mol. The van der Waals surface area contributed by atoms with Crippen LogP contribution in [-0.2, 0) is 0 Å². The van der Waals surface area contributed by atoms with Crippen LogP contribution in [0.25, 0.3) is 0 Å². The van der Waals surface area contributed by atoms with Crippen molar-refractivity contribution in [2.24, 2.45) is 0 Å². The van der Waals surface area contributed by atoms with Gasteiger partial charge in [0.15, 0.2) is 0 Å². The van der Waals surface area contributed by atoms with E-state index in [0.29, 0.717) is 17.8 Å². The molecule has 0 spiro atoms. The van der Waals surface area contributed by atoms with E-state index >= 15 is 0 Å². The first kappa shape index (κ1) is 15.4. The maximum atomic E-state index is 11.9. The highest BCUT2D eigenvalue weighted by molar-refractivity contribution is 7.12. The molecule has 21 heavy (non-hydrogen) atoms.